The van der Waals surface area contributed by atoms with Gasteiger partial charge in [0.15, 0.2) is 0 Å². The lowest BCUT2D eigenvalue weighted by Gasteiger charge is -2.28. The quantitative estimate of drug-likeness (QED) is 0.807. The zero-order valence-electron chi connectivity index (χ0n) is 13.5. The summed E-state index contributed by atoms with van der Waals surface area (Å²) in [6, 6.07) is 13.1. The van der Waals surface area contributed by atoms with Gasteiger partial charge in [-0.05, 0) is 36.5 Å². The molecule has 0 saturated carbocycles. The smallest absolute Gasteiger partial charge is 0.235 e. The fourth-order valence-corrected chi connectivity index (χ4v) is 4.81. The zero-order valence-corrected chi connectivity index (χ0v) is 14.4. The van der Waals surface area contributed by atoms with Gasteiger partial charge < -0.3 is 4.74 Å². The molecule has 5 nitrogen and oxygen atoms in total. The number of pyridine rings is 1. The van der Waals surface area contributed by atoms with Gasteiger partial charge in [0.05, 0.1) is 18.0 Å². The Morgan fingerprint density at radius 3 is 2.38 bits per heavy atom. The first-order valence-electron chi connectivity index (χ1n) is 8.17. The van der Waals surface area contributed by atoms with Gasteiger partial charge in [-0.2, -0.15) is 0 Å². The van der Waals surface area contributed by atoms with Crippen LogP contribution in [-0.2, 0) is 21.3 Å². The number of anilines is 1. The molecule has 0 aliphatic carbocycles. The number of ether oxygens (including phenoxy) is 1. The summed E-state index contributed by atoms with van der Waals surface area (Å²) in [5, 5.41) is 0. The molecule has 0 bridgehead atoms. The number of nitrogens with zero attached hydrogens (tertiary/aromatic N) is 2. The van der Waals surface area contributed by atoms with Crippen molar-refractivity contribution in [1.29, 1.82) is 0 Å². The Balaban J connectivity index is 1.85. The summed E-state index contributed by atoms with van der Waals surface area (Å²) in [7, 11) is -3.42. The summed E-state index contributed by atoms with van der Waals surface area (Å²) < 4.78 is 33.0. The summed E-state index contributed by atoms with van der Waals surface area (Å²) >= 11 is 0. The molecule has 2 aromatic rings. The van der Waals surface area contributed by atoms with E-state index in [4.69, 9.17) is 4.74 Å². The van der Waals surface area contributed by atoms with Crippen LogP contribution in [0.15, 0.2) is 54.9 Å². The predicted octanol–water partition coefficient (Wildman–Crippen LogP) is 2.84. The lowest BCUT2D eigenvalue weighted by atomic mass is 10.0. The second-order valence-electron chi connectivity index (χ2n) is 6.03. The molecule has 1 aromatic heterocycles. The van der Waals surface area contributed by atoms with E-state index in [-0.39, 0.29) is 11.7 Å². The molecule has 1 saturated heterocycles. The second-order valence-corrected chi connectivity index (χ2v) is 7.97. The molecule has 0 spiro atoms. The lowest BCUT2D eigenvalue weighted by molar-refractivity contribution is 0.0723. The van der Waals surface area contributed by atoms with Crippen molar-refractivity contribution in [2.75, 3.05) is 23.3 Å². The Morgan fingerprint density at radius 2 is 1.71 bits per heavy atom. The summed E-state index contributed by atoms with van der Waals surface area (Å²) in [6.07, 6.45) is 4.85. The third kappa shape index (κ3) is 4.33. The van der Waals surface area contributed by atoms with Crippen molar-refractivity contribution in [3.05, 3.63) is 60.4 Å². The maximum Gasteiger partial charge on any atom is 0.235 e. The SMILES string of the molecule is O=S(=O)(CC1CCOCC1)N(Cc1ccccc1)c1ccncc1. The lowest BCUT2D eigenvalue weighted by Crippen LogP contribution is -2.36. The highest BCUT2D eigenvalue weighted by molar-refractivity contribution is 7.92. The van der Waals surface area contributed by atoms with Crippen LogP contribution >= 0.6 is 0 Å². The molecule has 6 heteroatoms. The first kappa shape index (κ1) is 16.9. The Kier molecular flexibility index (Phi) is 5.48. The van der Waals surface area contributed by atoms with Crippen molar-refractivity contribution in [2.24, 2.45) is 5.92 Å². The molecule has 1 aliphatic heterocycles. The number of benzene rings is 1. The summed E-state index contributed by atoms with van der Waals surface area (Å²) in [5.74, 6) is 0.315. The third-order valence-electron chi connectivity index (χ3n) is 4.24. The molecule has 0 amide bonds. The van der Waals surface area contributed by atoms with Crippen molar-refractivity contribution >= 4 is 15.7 Å². The van der Waals surface area contributed by atoms with Crippen molar-refractivity contribution < 1.29 is 13.2 Å². The molecule has 24 heavy (non-hydrogen) atoms. The Hall–Kier alpha value is -1.92. The Morgan fingerprint density at radius 1 is 1.04 bits per heavy atom. The standard InChI is InChI=1S/C18H22N2O3S/c21-24(22,15-17-8-12-23-13-9-17)20(18-6-10-19-11-7-18)14-16-4-2-1-3-5-16/h1-7,10-11,17H,8-9,12-15H2. The molecule has 3 rings (SSSR count). The van der Waals surface area contributed by atoms with Crippen LogP contribution < -0.4 is 4.31 Å². The largest absolute Gasteiger partial charge is 0.381 e. The summed E-state index contributed by atoms with van der Waals surface area (Å²) in [6.45, 7) is 1.62. The van der Waals surface area contributed by atoms with E-state index in [9.17, 15) is 8.42 Å². The molecule has 0 atom stereocenters. The van der Waals surface area contributed by atoms with Gasteiger partial charge in [-0.15, -0.1) is 0 Å². The maximum absolute atomic E-state index is 13.1. The molecule has 128 valence electrons. The highest BCUT2D eigenvalue weighted by atomic mass is 32.2. The van der Waals surface area contributed by atoms with Crippen LogP contribution in [0, 0.1) is 5.92 Å². The Labute approximate surface area is 143 Å². The minimum atomic E-state index is -3.42. The fraction of sp³-hybridized carbons (Fsp3) is 0.389. The fourth-order valence-electron chi connectivity index (χ4n) is 2.91. The topological polar surface area (TPSA) is 59.5 Å². The number of rotatable bonds is 6. The van der Waals surface area contributed by atoms with Crippen molar-refractivity contribution in [1.82, 2.24) is 4.98 Å². The average Bonchev–Trinajstić information content (AvgIpc) is 2.62. The minimum absolute atomic E-state index is 0.156. The van der Waals surface area contributed by atoms with Crippen LogP contribution in [0.3, 0.4) is 0 Å². The number of hydrogen-bond donors (Lipinski definition) is 0. The van der Waals surface area contributed by atoms with Gasteiger partial charge in [0.25, 0.3) is 0 Å². The van der Waals surface area contributed by atoms with Crippen molar-refractivity contribution in [3.8, 4) is 0 Å². The highest BCUT2D eigenvalue weighted by Gasteiger charge is 2.28. The van der Waals surface area contributed by atoms with Crippen LogP contribution in [0.1, 0.15) is 18.4 Å². The normalized spacial score (nSPS) is 16.0. The van der Waals surface area contributed by atoms with Gasteiger partial charge >= 0.3 is 0 Å². The van der Waals surface area contributed by atoms with Gasteiger partial charge in [-0.1, -0.05) is 30.3 Å². The maximum atomic E-state index is 13.1. The molecule has 0 unspecified atom stereocenters. The molecule has 1 aliphatic rings. The average molecular weight is 346 g/mol. The number of aromatic nitrogens is 1. The molecule has 2 heterocycles. The van der Waals surface area contributed by atoms with Crippen LogP contribution in [0.4, 0.5) is 5.69 Å². The number of sulfonamides is 1. The van der Waals surface area contributed by atoms with E-state index >= 15 is 0 Å². The van der Waals surface area contributed by atoms with Crippen LogP contribution in [-0.4, -0.2) is 32.4 Å². The molecule has 0 N–H and O–H groups in total. The van der Waals surface area contributed by atoms with Crippen LogP contribution in [0.2, 0.25) is 0 Å². The first-order chi connectivity index (χ1) is 11.6. The number of hydrogen-bond acceptors (Lipinski definition) is 4. The minimum Gasteiger partial charge on any atom is -0.381 e. The van der Waals surface area contributed by atoms with Crippen molar-refractivity contribution in [3.63, 3.8) is 0 Å². The van der Waals surface area contributed by atoms with Gasteiger partial charge in [0, 0.05) is 25.6 Å². The van der Waals surface area contributed by atoms with Gasteiger partial charge in [0.1, 0.15) is 0 Å². The van der Waals surface area contributed by atoms with Gasteiger partial charge in [-0.3, -0.25) is 9.29 Å². The predicted molar refractivity (Wildman–Crippen MR) is 94.2 cm³/mol. The molecule has 0 radical (unpaired) electrons. The van der Waals surface area contributed by atoms with E-state index in [2.05, 4.69) is 4.98 Å². The van der Waals surface area contributed by atoms with E-state index in [1.165, 1.54) is 4.31 Å². The van der Waals surface area contributed by atoms with Crippen LogP contribution in [0.5, 0.6) is 0 Å². The first-order valence-corrected chi connectivity index (χ1v) is 9.78. The zero-order chi connectivity index (χ0) is 16.8. The third-order valence-corrected chi connectivity index (χ3v) is 6.15. The molecular formula is C18H22N2O3S. The molecule has 1 fully saturated rings. The van der Waals surface area contributed by atoms with Gasteiger partial charge in [0.2, 0.25) is 10.0 Å². The molecule has 1 aromatic carbocycles. The highest BCUT2D eigenvalue weighted by Crippen LogP contribution is 2.24. The molecular weight excluding hydrogens is 324 g/mol. The Bertz CT molecular complexity index is 729. The monoisotopic (exact) mass is 346 g/mol. The van der Waals surface area contributed by atoms with Gasteiger partial charge in [-0.25, -0.2) is 8.42 Å². The van der Waals surface area contributed by atoms with E-state index in [0.29, 0.717) is 25.4 Å². The van der Waals surface area contributed by atoms with E-state index in [1.807, 2.05) is 30.3 Å². The second kappa shape index (κ2) is 7.77. The summed E-state index contributed by atoms with van der Waals surface area (Å²) in [5.41, 5.74) is 1.62. The van der Waals surface area contributed by atoms with Crippen molar-refractivity contribution in [2.45, 2.75) is 19.4 Å². The van der Waals surface area contributed by atoms with E-state index < -0.39 is 10.0 Å². The van der Waals surface area contributed by atoms with Crippen LogP contribution in [0.25, 0.3) is 0 Å². The summed E-state index contributed by atoms with van der Waals surface area (Å²) in [4.78, 5) is 3.99. The van der Waals surface area contributed by atoms with E-state index in [0.717, 1.165) is 18.4 Å². The van der Waals surface area contributed by atoms with E-state index in [1.54, 1.807) is 24.5 Å².